The maximum Gasteiger partial charge on any atom is 0.266 e. The number of aromatic amines is 1. The highest BCUT2D eigenvalue weighted by molar-refractivity contribution is 7.90. The third-order valence-corrected chi connectivity index (χ3v) is 4.93. The minimum atomic E-state index is -4.05. The fourth-order valence-corrected chi connectivity index (χ4v) is 3.58. The van der Waals surface area contributed by atoms with Crippen molar-refractivity contribution in [2.24, 2.45) is 0 Å². The summed E-state index contributed by atoms with van der Waals surface area (Å²) in [5.41, 5.74) is 1.57. The van der Waals surface area contributed by atoms with E-state index in [1.807, 2.05) is 6.92 Å². The molecule has 0 atom stereocenters. The molecule has 2 N–H and O–H groups in total. The van der Waals surface area contributed by atoms with Crippen LogP contribution in [0.4, 0.5) is 0 Å². The molecule has 0 aliphatic heterocycles. The number of hydrogen-bond acceptors (Lipinski definition) is 6. The highest BCUT2D eigenvalue weighted by Crippen LogP contribution is 2.21. The van der Waals surface area contributed by atoms with Crippen LogP contribution < -0.4 is 4.72 Å². The lowest BCUT2D eigenvalue weighted by atomic mass is 10.1. The molecule has 0 saturated carbocycles. The minimum Gasteiger partial charge on any atom is -0.425 e. The predicted octanol–water partition coefficient (Wildman–Crippen LogP) is 1.72. The van der Waals surface area contributed by atoms with E-state index in [0.717, 1.165) is 5.56 Å². The largest absolute Gasteiger partial charge is 0.425 e. The zero-order chi connectivity index (χ0) is 18.0. The average molecular weight is 360 g/mol. The molecular weight excluding hydrogens is 344 g/mol. The molecule has 1 aromatic carbocycles. The quantitative estimate of drug-likeness (QED) is 0.715. The van der Waals surface area contributed by atoms with Crippen LogP contribution in [0.3, 0.4) is 0 Å². The second-order valence-corrected chi connectivity index (χ2v) is 7.19. The first-order valence-electron chi connectivity index (χ1n) is 7.43. The Hall–Kier alpha value is -2.94. The summed E-state index contributed by atoms with van der Waals surface area (Å²) in [6.45, 7) is 3.50. The lowest BCUT2D eigenvalue weighted by Crippen LogP contribution is -2.31. The van der Waals surface area contributed by atoms with Gasteiger partial charge in [-0.05, 0) is 24.6 Å². The van der Waals surface area contributed by atoms with Gasteiger partial charge in [-0.25, -0.2) is 13.1 Å². The van der Waals surface area contributed by atoms with Gasteiger partial charge in [-0.1, -0.05) is 17.7 Å². The Kier molecular flexibility index (Phi) is 4.41. The summed E-state index contributed by atoms with van der Waals surface area (Å²) in [6, 6.07) is 6.33. The molecule has 0 aliphatic rings. The Balaban J connectivity index is 1.93. The second kappa shape index (κ2) is 6.52. The molecule has 3 aromatic rings. The van der Waals surface area contributed by atoms with E-state index < -0.39 is 15.9 Å². The van der Waals surface area contributed by atoms with Crippen LogP contribution in [0.2, 0.25) is 0 Å². The van der Waals surface area contributed by atoms with E-state index >= 15 is 0 Å². The molecule has 0 saturated heterocycles. The van der Waals surface area contributed by atoms with Crippen LogP contribution >= 0.6 is 0 Å². The van der Waals surface area contributed by atoms with E-state index in [9.17, 15) is 13.2 Å². The fourth-order valence-electron chi connectivity index (χ4n) is 2.38. The Morgan fingerprint density at radius 2 is 2.04 bits per heavy atom. The predicted molar refractivity (Wildman–Crippen MR) is 88.5 cm³/mol. The number of carbonyl (C=O) groups is 1. The number of nitrogens with one attached hydrogen (secondary N) is 2. The molecular formula is C16H16N4O4S. The highest BCUT2D eigenvalue weighted by Gasteiger charge is 2.23. The van der Waals surface area contributed by atoms with Crippen LogP contribution in [-0.4, -0.2) is 29.5 Å². The summed E-state index contributed by atoms with van der Waals surface area (Å²) >= 11 is 0. The standard InChI is InChI=1S/C16H16N4O4S/c1-10-3-4-14(13(7-10)8-15-19-18-11(2)24-15)25(22,23)20-16(21)12-5-6-17-9-12/h3-7,9,17H,8H2,1-2H3,(H,20,21). The molecule has 2 heterocycles. The van der Waals surface area contributed by atoms with Crippen LogP contribution in [-0.2, 0) is 16.4 Å². The zero-order valence-corrected chi connectivity index (χ0v) is 14.4. The Morgan fingerprint density at radius 3 is 2.68 bits per heavy atom. The normalized spacial score (nSPS) is 11.4. The van der Waals surface area contributed by atoms with Gasteiger partial charge in [0.05, 0.1) is 16.9 Å². The van der Waals surface area contributed by atoms with E-state index in [-0.39, 0.29) is 16.9 Å². The average Bonchev–Trinajstić information content (AvgIpc) is 3.18. The van der Waals surface area contributed by atoms with E-state index in [1.54, 1.807) is 19.1 Å². The third kappa shape index (κ3) is 3.77. The van der Waals surface area contributed by atoms with Crippen LogP contribution in [0.15, 0.2) is 46.0 Å². The number of amides is 1. The molecule has 0 bridgehead atoms. The molecule has 0 unspecified atom stereocenters. The van der Waals surface area contributed by atoms with Gasteiger partial charge >= 0.3 is 0 Å². The van der Waals surface area contributed by atoms with Crippen molar-refractivity contribution in [3.63, 3.8) is 0 Å². The molecule has 0 radical (unpaired) electrons. The Bertz CT molecular complexity index is 1010. The SMILES string of the molecule is Cc1ccc(S(=O)(=O)NC(=O)c2cc[nH]c2)c(Cc2nnc(C)o2)c1. The smallest absolute Gasteiger partial charge is 0.266 e. The monoisotopic (exact) mass is 360 g/mol. The Morgan fingerprint density at radius 1 is 1.24 bits per heavy atom. The summed E-state index contributed by atoms with van der Waals surface area (Å²) < 4.78 is 32.7. The third-order valence-electron chi connectivity index (χ3n) is 3.50. The maximum atomic E-state index is 12.7. The van der Waals surface area contributed by atoms with Crippen LogP contribution in [0.5, 0.6) is 0 Å². The van der Waals surface area contributed by atoms with Crippen LogP contribution in [0.1, 0.15) is 33.3 Å². The number of carbonyl (C=O) groups excluding carboxylic acids is 1. The van der Waals surface area contributed by atoms with Crippen molar-refractivity contribution in [2.75, 3.05) is 0 Å². The van der Waals surface area contributed by atoms with Crippen molar-refractivity contribution >= 4 is 15.9 Å². The molecule has 25 heavy (non-hydrogen) atoms. The summed E-state index contributed by atoms with van der Waals surface area (Å²) in [7, 11) is -4.05. The number of sulfonamides is 1. The summed E-state index contributed by atoms with van der Waals surface area (Å²) in [5, 5.41) is 7.63. The summed E-state index contributed by atoms with van der Waals surface area (Å²) in [5.74, 6) is -0.00857. The topological polar surface area (TPSA) is 118 Å². The fraction of sp³-hybridized carbons (Fsp3) is 0.188. The number of benzene rings is 1. The minimum absolute atomic E-state index is 0.00200. The number of aromatic nitrogens is 3. The molecule has 9 heteroatoms. The lowest BCUT2D eigenvalue weighted by Gasteiger charge is -2.11. The van der Waals surface area contributed by atoms with Gasteiger partial charge in [0.15, 0.2) is 0 Å². The molecule has 130 valence electrons. The van der Waals surface area contributed by atoms with E-state index in [1.165, 1.54) is 24.5 Å². The van der Waals surface area contributed by atoms with Gasteiger partial charge in [-0.15, -0.1) is 10.2 Å². The number of H-pyrrole nitrogens is 1. The molecule has 0 aliphatic carbocycles. The van der Waals surface area contributed by atoms with Crippen molar-refractivity contribution in [3.05, 3.63) is 65.1 Å². The van der Waals surface area contributed by atoms with Gasteiger partial charge < -0.3 is 9.40 Å². The van der Waals surface area contributed by atoms with Gasteiger partial charge in [-0.3, -0.25) is 4.79 Å². The number of hydrogen-bond donors (Lipinski definition) is 2. The number of nitrogens with zero attached hydrogens (tertiary/aromatic N) is 2. The van der Waals surface area contributed by atoms with Crippen LogP contribution in [0.25, 0.3) is 0 Å². The van der Waals surface area contributed by atoms with Crippen molar-refractivity contribution in [3.8, 4) is 0 Å². The first kappa shape index (κ1) is 16.9. The maximum absolute atomic E-state index is 12.7. The van der Waals surface area contributed by atoms with Crippen molar-refractivity contribution in [2.45, 2.75) is 25.2 Å². The Labute approximate surface area is 144 Å². The molecule has 3 rings (SSSR count). The zero-order valence-electron chi connectivity index (χ0n) is 13.6. The first-order chi connectivity index (χ1) is 11.8. The molecule has 1 amide bonds. The van der Waals surface area contributed by atoms with Gasteiger partial charge in [0.25, 0.3) is 15.9 Å². The molecule has 0 fully saturated rings. The molecule has 8 nitrogen and oxygen atoms in total. The van der Waals surface area contributed by atoms with E-state index in [0.29, 0.717) is 17.3 Å². The van der Waals surface area contributed by atoms with Crippen molar-refractivity contribution in [1.82, 2.24) is 19.9 Å². The van der Waals surface area contributed by atoms with E-state index in [2.05, 4.69) is 19.9 Å². The van der Waals surface area contributed by atoms with Gasteiger partial charge in [0.1, 0.15) is 0 Å². The first-order valence-corrected chi connectivity index (χ1v) is 8.92. The molecule has 2 aromatic heterocycles. The summed E-state index contributed by atoms with van der Waals surface area (Å²) in [4.78, 5) is 14.8. The van der Waals surface area contributed by atoms with Crippen molar-refractivity contribution < 1.29 is 17.6 Å². The van der Waals surface area contributed by atoms with Gasteiger partial charge in [0.2, 0.25) is 11.8 Å². The van der Waals surface area contributed by atoms with Gasteiger partial charge in [0, 0.05) is 19.3 Å². The lowest BCUT2D eigenvalue weighted by molar-refractivity contribution is 0.0981. The second-order valence-electron chi connectivity index (χ2n) is 5.54. The number of rotatable bonds is 5. The molecule has 0 spiro atoms. The van der Waals surface area contributed by atoms with Crippen LogP contribution in [0, 0.1) is 13.8 Å². The van der Waals surface area contributed by atoms with Gasteiger partial charge in [-0.2, -0.15) is 0 Å². The summed E-state index contributed by atoms with van der Waals surface area (Å²) in [6.07, 6.45) is 3.11. The van der Waals surface area contributed by atoms with Crippen molar-refractivity contribution in [1.29, 1.82) is 0 Å². The highest BCUT2D eigenvalue weighted by atomic mass is 32.2. The number of aryl methyl sites for hydroxylation is 2. The van der Waals surface area contributed by atoms with E-state index in [4.69, 9.17) is 4.42 Å².